The van der Waals surface area contributed by atoms with Gasteiger partial charge in [0, 0.05) is 20.1 Å². The average Bonchev–Trinajstić information content (AvgIpc) is 3.18. The minimum absolute atomic E-state index is 0.258. The second-order valence-corrected chi connectivity index (χ2v) is 6.88. The van der Waals surface area contributed by atoms with Gasteiger partial charge in [-0.3, -0.25) is 9.59 Å². The molecule has 1 N–H and O–H groups in total. The van der Waals surface area contributed by atoms with E-state index in [1.165, 1.54) is 29.2 Å². The molecule has 1 saturated heterocycles. The van der Waals surface area contributed by atoms with E-state index in [2.05, 4.69) is 5.32 Å². The lowest BCUT2D eigenvalue weighted by Crippen LogP contribution is -2.48. The smallest absolute Gasteiger partial charge is 0.261 e. The number of ether oxygens (including phenoxy) is 3. The number of benzene rings is 2. The van der Waals surface area contributed by atoms with Crippen molar-refractivity contribution in [2.24, 2.45) is 0 Å². The summed E-state index contributed by atoms with van der Waals surface area (Å²) in [6.07, 6.45) is 0.0519. The summed E-state index contributed by atoms with van der Waals surface area (Å²) >= 11 is 0. The first-order chi connectivity index (χ1) is 14.6. The molecule has 0 aliphatic carbocycles. The van der Waals surface area contributed by atoms with Gasteiger partial charge in [0.25, 0.3) is 5.91 Å². The first kappa shape index (κ1) is 21.6. The number of hydrogen-bond donors (Lipinski definition) is 1. The molecule has 3 rings (SSSR count). The topological polar surface area (TPSA) is 77.1 Å². The van der Waals surface area contributed by atoms with E-state index in [9.17, 15) is 14.0 Å². The fourth-order valence-electron chi connectivity index (χ4n) is 3.25. The summed E-state index contributed by atoms with van der Waals surface area (Å²) in [5.41, 5.74) is 0. The number of halogens is 1. The van der Waals surface area contributed by atoms with Crippen molar-refractivity contribution in [1.29, 1.82) is 0 Å². The Morgan fingerprint density at radius 1 is 1.10 bits per heavy atom. The summed E-state index contributed by atoms with van der Waals surface area (Å²) in [5, 5.41) is 2.78. The zero-order chi connectivity index (χ0) is 21.3. The van der Waals surface area contributed by atoms with Crippen LogP contribution in [0.15, 0.2) is 54.6 Å². The summed E-state index contributed by atoms with van der Waals surface area (Å²) < 4.78 is 29.4. The third-order valence-electron chi connectivity index (χ3n) is 4.71. The van der Waals surface area contributed by atoms with Crippen molar-refractivity contribution in [2.75, 3.05) is 33.4 Å². The van der Waals surface area contributed by atoms with Crippen molar-refractivity contribution in [3.05, 3.63) is 60.4 Å². The first-order valence-corrected chi connectivity index (χ1v) is 9.73. The number of amides is 2. The van der Waals surface area contributed by atoms with E-state index in [1.54, 1.807) is 7.11 Å². The highest BCUT2D eigenvalue weighted by molar-refractivity contribution is 5.89. The van der Waals surface area contributed by atoms with Crippen LogP contribution in [0, 0.1) is 5.82 Å². The molecule has 0 bridgehead atoms. The van der Waals surface area contributed by atoms with Gasteiger partial charge in [0.05, 0.1) is 13.2 Å². The van der Waals surface area contributed by atoms with E-state index < -0.39 is 6.04 Å². The second kappa shape index (κ2) is 10.6. The average molecular weight is 416 g/mol. The highest BCUT2D eigenvalue weighted by Gasteiger charge is 2.40. The van der Waals surface area contributed by atoms with Crippen LogP contribution in [-0.2, 0) is 14.3 Å². The number of methoxy groups -OCH3 is 1. The Morgan fingerprint density at radius 3 is 2.53 bits per heavy atom. The number of hydrogen-bond acceptors (Lipinski definition) is 5. The molecule has 7 nitrogen and oxygen atoms in total. The number of likely N-dealkylation sites (tertiary alicyclic amines) is 1. The first-order valence-electron chi connectivity index (χ1n) is 9.73. The Kier molecular flexibility index (Phi) is 7.62. The van der Waals surface area contributed by atoms with E-state index in [4.69, 9.17) is 14.2 Å². The van der Waals surface area contributed by atoms with Crippen LogP contribution in [0.4, 0.5) is 4.39 Å². The van der Waals surface area contributed by atoms with Crippen LogP contribution in [0.2, 0.25) is 0 Å². The second-order valence-electron chi connectivity index (χ2n) is 6.88. The Balaban J connectivity index is 1.64. The van der Waals surface area contributed by atoms with Crippen LogP contribution in [-0.4, -0.2) is 62.3 Å². The number of carbonyl (C=O) groups is 2. The van der Waals surface area contributed by atoms with Gasteiger partial charge in [-0.25, -0.2) is 4.39 Å². The molecule has 2 amide bonds. The highest BCUT2D eigenvalue weighted by atomic mass is 19.1. The van der Waals surface area contributed by atoms with Gasteiger partial charge in [0.2, 0.25) is 5.91 Å². The number of rotatable bonds is 9. The van der Waals surface area contributed by atoms with Crippen molar-refractivity contribution >= 4 is 11.8 Å². The van der Waals surface area contributed by atoms with E-state index in [0.29, 0.717) is 31.1 Å². The Hall–Kier alpha value is -3.13. The van der Waals surface area contributed by atoms with E-state index in [-0.39, 0.29) is 36.9 Å². The molecular weight excluding hydrogens is 391 g/mol. The third-order valence-corrected chi connectivity index (χ3v) is 4.71. The maximum absolute atomic E-state index is 13.0. The van der Waals surface area contributed by atoms with E-state index >= 15 is 0 Å². The monoisotopic (exact) mass is 416 g/mol. The lowest BCUT2D eigenvalue weighted by molar-refractivity contribution is -0.140. The molecule has 1 aliphatic rings. The van der Waals surface area contributed by atoms with Crippen molar-refractivity contribution in [2.45, 2.75) is 18.6 Å². The molecule has 0 spiro atoms. The number of nitrogens with zero attached hydrogens (tertiary/aromatic N) is 1. The van der Waals surface area contributed by atoms with E-state index in [1.807, 2.05) is 30.3 Å². The van der Waals surface area contributed by atoms with Crippen LogP contribution in [0.3, 0.4) is 0 Å². The van der Waals surface area contributed by atoms with Crippen LogP contribution in [0.1, 0.15) is 6.42 Å². The molecule has 160 valence electrons. The lowest BCUT2D eigenvalue weighted by atomic mass is 10.2. The maximum Gasteiger partial charge on any atom is 0.261 e. The van der Waals surface area contributed by atoms with Crippen LogP contribution >= 0.6 is 0 Å². The Bertz CT molecular complexity index is 831. The van der Waals surface area contributed by atoms with Crippen molar-refractivity contribution in [3.63, 3.8) is 0 Å². The molecule has 0 radical (unpaired) electrons. The van der Waals surface area contributed by atoms with Gasteiger partial charge in [-0.15, -0.1) is 0 Å². The molecular formula is C22H25FN2O5. The van der Waals surface area contributed by atoms with Gasteiger partial charge >= 0.3 is 0 Å². The SMILES string of the molecule is COCCNC(=O)[C@H]1C[C@H](Oc2ccccc2)CN1C(=O)COc1ccc(F)cc1. The summed E-state index contributed by atoms with van der Waals surface area (Å²) in [6.45, 7) is 0.739. The van der Waals surface area contributed by atoms with Crippen LogP contribution < -0.4 is 14.8 Å². The van der Waals surface area contributed by atoms with Crippen molar-refractivity contribution < 1.29 is 28.2 Å². The molecule has 0 unspecified atom stereocenters. The summed E-state index contributed by atoms with van der Waals surface area (Å²) in [7, 11) is 1.55. The van der Waals surface area contributed by atoms with Crippen LogP contribution in [0.25, 0.3) is 0 Å². The maximum atomic E-state index is 13.0. The van der Waals surface area contributed by atoms with Gasteiger partial charge in [-0.2, -0.15) is 0 Å². The standard InChI is InChI=1S/C22H25FN2O5/c1-28-12-11-24-22(27)20-13-19(30-18-5-3-2-4-6-18)14-25(20)21(26)15-29-17-9-7-16(23)8-10-17/h2-10,19-20H,11-15H2,1H3,(H,24,27)/t19-,20+/m0/s1. The normalized spacial score (nSPS) is 18.1. The Labute approximate surface area is 174 Å². The van der Waals surface area contributed by atoms with Gasteiger partial charge < -0.3 is 24.4 Å². The van der Waals surface area contributed by atoms with Gasteiger partial charge in [0.15, 0.2) is 6.61 Å². The largest absolute Gasteiger partial charge is 0.488 e. The fraction of sp³-hybridized carbons (Fsp3) is 0.364. The van der Waals surface area contributed by atoms with Crippen LogP contribution in [0.5, 0.6) is 11.5 Å². The molecule has 0 saturated carbocycles. The van der Waals surface area contributed by atoms with Gasteiger partial charge in [0.1, 0.15) is 29.5 Å². The molecule has 8 heteroatoms. The number of carbonyl (C=O) groups excluding carboxylic acids is 2. The molecule has 0 aromatic heterocycles. The lowest BCUT2D eigenvalue weighted by Gasteiger charge is -2.23. The van der Waals surface area contributed by atoms with Gasteiger partial charge in [-0.05, 0) is 36.4 Å². The number of para-hydroxylation sites is 1. The van der Waals surface area contributed by atoms with E-state index in [0.717, 1.165) is 0 Å². The fourth-order valence-corrected chi connectivity index (χ4v) is 3.25. The summed E-state index contributed by atoms with van der Waals surface area (Å²) in [5.74, 6) is 0.0636. The Morgan fingerprint density at radius 2 is 1.83 bits per heavy atom. The summed E-state index contributed by atoms with van der Waals surface area (Å²) in [4.78, 5) is 26.9. The molecule has 2 atom stereocenters. The zero-order valence-electron chi connectivity index (χ0n) is 16.8. The molecule has 1 aliphatic heterocycles. The zero-order valence-corrected chi connectivity index (χ0v) is 16.8. The van der Waals surface area contributed by atoms with Gasteiger partial charge in [-0.1, -0.05) is 18.2 Å². The summed E-state index contributed by atoms with van der Waals surface area (Å²) in [6, 6.07) is 14.0. The molecule has 2 aromatic carbocycles. The minimum Gasteiger partial charge on any atom is -0.488 e. The molecule has 30 heavy (non-hydrogen) atoms. The minimum atomic E-state index is -0.667. The highest BCUT2D eigenvalue weighted by Crippen LogP contribution is 2.24. The number of nitrogens with one attached hydrogen (secondary N) is 1. The van der Waals surface area contributed by atoms with Crippen molar-refractivity contribution in [3.8, 4) is 11.5 Å². The van der Waals surface area contributed by atoms with Crippen molar-refractivity contribution in [1.82, 2.24) is 10.2 Å². The third kappa shape index (κ3) is 5.93. The predicted octanol–water partition coefficient (Wildman–Crippen LogP) is 2.02. The molecule has 2 aromatic rings. The molecule has 1 fully saturated rings. The predicted molar refractivity (Wildman–Crippen MR) is 108 cm³/mol. The molecule has 1 heterocycles. The quantitative estimate of drug-likeness (QED) is 0.633.